The van der Waals surface area contributed by atoms with Crippen molar-refractivity contribution in [2.45, 2.75) is 32.0 Å². The summed E-state index contributed by atoms with van der Waals surface area (Å²) in [7, 11) is 0. The van der Waals surface area contributed by atoms with Gasteiger partial charge in [-0.2, -0.15) is 13.2 Å². The topological polar surface area (TPSA) is 70.7 Å². The highest BCUT2D eigenvalue weighted by Gasteiger charge is 2.36. The highest BCUT2D eigenvalue weighted by Crippen LogP contribution is 2.40. The number of imidazole rings is 1. The van der Waals surface area contributed by atoms with E-state index in [4.69, 9.17) is 0 Å². The predicted octanol–water partition coefficient (Wildman–Crippen LogP) is 4.17. The van der Waals surface area contributed by atoms with E-state index in [1.54, 1.807) is 0 Å². The molecule has 0 radical (unpaired) electrons. The lowest BCUT2D eigenvalue weighted by atomic mass is 10.1. The first-order chi connectivity index (χ1) is 12.8. The highest BCUT2D eigenvalue weighted by atomic mass is 19.4. The fourth-order valence-electron chi connectivity index (χ4n) is 3.11. The average Bonchev–Trinajstić information content (AvgIpc) is 3.35. The molecule has 1 atom stereocenters. The van der Waals surface area contributed by atoms with E-state index in [-0.39, 0.29) is 28.5 Å². The van der Waals surface area contributed by atoms with Crippen LogP contribution in [0.2, 0.25) is 0 Å². The molecule has 4 rings (SSSR count). The Hall–Kier alpha value is -2.90. The van der Waals surface area contributed by atoms with Crippen molar-refractivity contribution in [2.24, 2.45) is 5.92 Å². The zero-order valence-corrected chi connectivity index (χ0v) is 14.5. The summed E-state index contributed by atoms with van der Waals surface area (Å²) in [4.78, 5) is 23.0. The molecule has 0 bridgehead atoms. The number of benzene rings is 1. The van der Waals surface area contributed by atoms with Gasteiger partial charge in [0, 0.05) is 11.3 Å². The van der Waals surface area contributed by atoms with Gasteiger partial charge in [0.05, 0.1) is 22.8 Å². The summed E-state index contributed by atoms with van der Waals surface area (Å²) in [5.41, 5.74) is 2.28. The van der Waals surface area contributed by atoms with Gasteiger partial charge in [0.25, 0.3) is 5.91 Å². The Labute approximate surface area is 153 Å². The number of alkyl halides is 3. The number of hydrogen-bond acceptors (Lipinski definition) is 3. The van der Waals surface area contributed by atoms with Crippen molar-refractivity contribution < 1.29 is 18.0 Å². The minimum Gasteiger partial charge on any atom is -0.343 e. The number of halogens is 3. The molecule has 1 aliphatic rings. The number of aromatic amines is 1. The third kappa shape index (κ3) is 3.65. The molecule has 8 heteroatoms. The number of amides is 1. The van der Waals surface area contributed by atoms with Crippen molar-refractivity contribution in [3.63, 3.8) is 0 Å². The third-order valence-electron chi connectivity index (χ3n) is 4.62. The van der Waals surface area contributed by atoms with E-state index < -0.39 is 12.0 Å². The molecule has 140 valence electrons. The number of pyridine rings is 1. The maximum absolute atomic E-state index is 12.8. The lowest BCUT2D eigenvalue weighted by Crippen LogP contribution is -2.30. The van der Waals surface area contributed by atoms with Gasteiger partial charge in [-0.1, -0.05) is 6.07 Å². The minimum absolute atomic E-state index is 0.165. The largest absolute Gasteiger partial charge is 0.449 e. The van der Waals surface area contributed by atoms with Crippen LogP contribution in [0.1, 0.15) is 46.5 Å². The summed E-state index contributed by atoms with van der Waals surface area (Å²) in [5.74, 6) is -1.09. The van der Waals surface area contributed by atoms with Crippen LogP contribution in [0.15, 0.2) is 36.4 Å². The first-order valence-corrected chi connectivity index (χ1v) is 8.62. The van der Waals surface area contributed by atoms with Crippen LogP contribution < -0.4 is 5.32 Å². The van der Waals surface area contributed by atoms with E-state index in [1.807, 2.05) is 25.1 Å². The first kappa shape index (κ1) is 17.5. The van der Waals surface area contributed by atoms with Gasteiger partial charge < -0.3 is 10.3 Å². The summed E-state index contributed by atoms with van der Waals surface area (Å²) in [5, 5.41) is 2.98. The molecule has 0 unspecified atom stereocenters. The molecule has 5 nitrogen and oxygen atoms in total. The monoisotopic (exact) mass is 374 g/mol. The number of hydrogen-bond donors (Lipinski definition) is 2. The van der Waals surface area contributed by atoms with Crippen molar-refractivity contribution in [3.05, 3.63) is 59.2 Å². The highest BCUT2D eigenvalue weighted by molar-refractivity contribution is 5.97. The number of aryl methyl sites for hydroxylation is 1. The molecule has 3 aromatic rings. The van der Waals surface area contributed by atoms with Crippen molar-refractivity contribution >= 4 is 16.9 Å². The maximum Gasteiger partial charge on any atom is 0.449 e. The van der Waals surface area contributed by atoms with Gasteiger partial charge in [0.1, 0.15) is 0 Å². The van der Waals surface area contributed by atoms with Crippen LogP contribution in [0.4, 0.5) is 13.2 Å². The SMILES string of the molecule is Cc1cccc([C@@H](NC(=O)c2ccc3nc(C(F)(F)F)[nH]c3c2)C2CC2)n1. The fraction of sp³-hybridized carbons (Fsp3) is 0.316. The number of nitrogens with one attached hydrogen (secondary N) is 2. The van der Waals surface area contributed by atoms with Crippen molar-refractivity contribution in [1.82, 2.24) is 20.3 Å². The summed E-state index contributed by atoms with van der Waals surface area (Å²) >= 11 is 0. The smallest absolute Gasteiger partial charge is 0.343 e. The first-order valence-electron chi connectivity index (χ1n) is 8.62. The van der Waals surface area contributed by atoms with Crippen molar-refractivity contribution in [3.8, 4) is 0 Å². The molecular weight excluding hydrogens is 357 g/mol. The Balaban J connectivity index is 1.59. The normalized spacial score (nSPS) is 15.7. The fourth-order valence-corrected chi connectivity index (χ4v) is 3.11. The Morgan fingerprint density at radius 1 is 1.22 bits per heavy atom. The van der Waals surface area contributed by atoms with E-state index >= 15 is 0 Å². The maximum atomic E-state index is 12.8. The second-order valence-electron chi connectivity index (χ2n) is 6.81. The van der Waals surface area contributed by atoms with E-state index in [1.165, 1.54) is 18.2 Å². The molecule has 27 heavy (non-hydrogen) atoms. The molecule has 0 saturated heterocycles. The number of H-pyrrole nitrogens is 1. The number of fused-ring (bicyclic) bond motifs is 1. The molecule has 1 aromatic carbocycles. The van der Waals surface area contributed by atoms with E-state index in [0.717, 1.165) is 24.2 Å². The van der Waals surface area contributed by atoms with Crippen LogP contribution in [-0.4, -0.2) is 20.9 Å². The van der Waals surface area contributed by atoms with Crippen LogP contribution in [0.25, 0.3) is 11.0 Å². The van der Waals surface area contributed by atoms with Gasteiger partial charge in [-0.15, -0.1) is 0 Å². The standard InChI is InChI=1S/C19H17F3N4O/c1-10-3-2-4-14(23-10)16(11-5-6-11)26-17(27)12-7-8-13-15(9-12)25-18(24-13)19(20,21)22/h2-4,7-9,11,16H,5-6H2,1H3,(H,24,25)(H,26,27)/t16-/m0/s1. The number of carbonyl (C=O) groups is 1. The second kappa shape index (κ2) is 6.37. The third-order valence-corrected chi connectivity index (χ3v) is 4.62. The van der Waals surface area contributed by atoms with Gasteiger partial charge in [0.15, 0.2) is 0 Å². The Kier molecular flexibility index (Phi) is 4.13. The quantitative estimate of drug-likeness (QED) is 0.720. The molecule has 1 aliphatic carbocycles. The summed E-state index contributed by atoms with van der Waals surface area (Å²) in [6.45, 7) is 1.89. The second-order valence-corrected chi connectivity index (χ2v) is 6.81. The molecule has 1 saturated carbocycles. The number of rotatable bonds is 4. The van der Waals surface area contributed by atoms with Crippen molar-refractivity contribution in [1.29, 1.82) is 0 Å². The van der Waals surface area contributed by atoms with Gasteiger partial charge in [-0.3, -0.25) is 9.78 Å². The molecular formula is C19H17F3N4O. The minimum atomic E-state index is -4.56. The number of carbonyl (C=O) groups excluding carboxylic acids is 1. The van der Waals surface area contributed by atoms with Gasteiger partial charge in [-0.05, 0) is 56.0 Å². The Bertz CT molecular complexity index is 1010. The predicted molar refractivity (Wildman–Crippen MR) is 93.0 cm³/mol. The molecule has 2 aromatic heterocycles. The lowest BCUT2D eigenvalue weighted by Gasteiger charge is -2.18. The van der Waals surface area contributed by atoms with Crippen LogP contribution in [0.5, 0.6) is 0 Å². The van der Waals surface area contributed by atoms with Gasteiger partial charge in [0.2, 0.25) is 5.82 Å². The van der Waals surface area contributed by atoms with E-state index in [0.29, 0.717) is 5.92 Å². The van der Waals surface area contributed by atoms with E-state index in [9.17, 15) is 18.0 Å². The zero-order valence-electron chi connectivity index (χ0n) is 14.5. The van der Waals surface area contributed by atoms with E-state index in [2.05, 4.69) is 20.3 Å². The van der Waals surface area contributed by atoms with Crippen LogP contribution >= 0.6 is 0 Å². The number of nitrogens with zero attached hydrogens (tertiary/aromatic N) is 2. The summed E-state index contributed by atoms with van der Waals surface area (Å²) in [6, 6.07) is 9.73. The Morgan fingerprint density at radius 3 is 2.67 bits per heavy atom. The molecule has 0 aliphatic heterocycles. The lowest BCUT2D eigenvalue weighted by molar-refractivity contribution is -0.144. The number of aromatic nitrogens is 3. The van der Waals surface area contributed by atoms with Crippen LogP contribution in [0.3, 0.4) is 0 Å². The van der Waals surface area contributed by atoms with Gasteiger partial charge >= 0.3 is 6.18 Å². The van der Waals surface area contributed by atoms with Crippen LogP contribution in [-0.2, 0) is 6.18 Å². The average molecular weight is 374 g/mol. The zero-order chi connectivity index (χ0) is 19.2. The molecule has 2 N–H and O–H groups in total. The summed E-state index contributed by atoms with van der Waals surface area (Å²) < 4.78 is 38.4. The summed E-state index contributed by atoms with van der Waals surface area (Å²) in [6.07, 6.45) is -2.54. The molecule has 1 fully saturated rings. The molecule has 0 spiro atoms. The molecule has 1 amide bonds. The van der Waals surface area contributed by atoms with Crippen LogP contribution in [0, 0.1) is 12.8 Å². The van der Waals surface area contributed by atoms with Gasteiger partial charge in [-0.25, -0.2) is 4.98 Å². The molecule has 2 heterocycles. The van der Waals surface area contributed by atoms with Crippen molar-refractivity contribution in [2.75, 3.05) is 0 Å². The Morgan fingerprint density at radius 2 is 2.00 bits per heavy atom.